The largest absolute Gasteiger partial charge is 0.383 e. The van der Waals surface area contributed by atoms with Crippen LogP contribution in [0.2, 0.25) is 0 Å². The quantitative estimate of drug-likeness (QED) is 0.0339. The van der Waals surface area contributed by atoms with E-state index in [0.717, 1.165) is 42.7 Å². The van der Waals surface area contributed by atoms with Gasteiger partial charge < -0.3 is 35.2 Å². The Morgan fingerprint density at radius 3 is 2.32 bits per heavy atom. The maximum absolute atomic E-state index is 13.6. The van der Waals surface area contributed by atoms with Crippen LogP contribution in [0.1, 0.15) is 84.0 Å². The molecule has 66 heavy (non-hydrogen) atoms. The summed E-state index contributed by atoms with van der Waals surface area (Å²) in [6.07, 6.45) is 7.43. The second-order valence-corrected chi connectivity index (χ2v) is 16.9. The molecule has 2 aliphatic rings. The molecule has 348 valence electrons. The number of nitro groups is 1. The standard InChI is InChI=1S/C44H52N12O9S/c1-26-34-25-47-43(51-39(34)55(31-7-5-6-8-31)41(61)38(26)28(3)57)50-36-12-10-32(24-46-36)53-15-17-54(18-16-53)37(59)13-19-64-21-22-65-20-14-45-30-9-11-33(35(23-30)49-29(4)58)40(60)52-44-48-27(2)42(66-44)56(62)63/h9-12,23-25,31,45H,5-8,13-22H2,1-4H3,(H,49,58)(H,48,52,60)(H,46,47,50,51). The van der Waals surface area contributed by atoms with Crippen LogP contribution in [0.3, 0.4) is 0 Å². The number of carbonyl (C=O) groups excluding carboxylic acids is 4. The molecule has 0 atom stereocenters. The Kier molecular flexibility index (Phi) is 15.3. The maximum atomic E-state index is 13.6. The average Bonchev–Trinajstić information content (AvgIpc) is 3.95. The summed E-state index contributed by atoms with van der Waals surface area (Å²) in [6, 6.07) is 8.57. The number of hydrogen-bond acceptors (Lipinski definition) is 17. The number of amides is 3. The number of thiazole rings is 1. The van der Waals surface area contributed by atoms with Crippen LogP contribution in [-0.4, -0.2) is 117 Å². The second kappa shape index (κ2) is 21.4. The lowest BCUT2D eigenvalue weighted by molar-refractivity contribution is -0.380. The molecule has 0 radical (unpaired) electrons. The molecule has 0 bridgehead atoms. The van der Waals surface area contributed by atoms with Gasteiger partial charge in [-0.15, -0.1) is 0 Å². The van der Waals surface area contributed by atoms with Crippen molar-refractivity contribution in [3.8, 4) is 0 Å². The molecule has 5 heterocycles. The second-order valence-electron chi connectivity index (χ2n) is 16.0. The number of nitrogens with zero attached hydrogens (tertiary/aromatic N) is 8. The molecule has 0 spiro atoms. The highest BCUT2D eigenvalue weighted by Crippen LogP contribution is 2.33. The number of ketones is 1. The number of hydrogen-bond donors (Lipinski definition) is 4. The number of rotatable bonds is 19. The highest BCUT2D eigenvalue weighted by molar-refractivity contribution is 7.19. The van der Waals surface area contributed by atoms with E-state index in [0.29, 0.717) is 86.6 Å². The van der Waals surface area contributed by atoms with Gasteiger partial charge in [0.2, 0.25) is 17.8 Å². The number of anilines is 6. The van der Waals surface area contributed by atoms with E-state index in [1.165, 1.54) is 26.8 Å². The van der Waals surface area contributed by atoms with Crippen molar-refractivity contribution >= 4 is 84.8 Å². The van der Waals surface area contributed by atoms with Crippen molar-refractivity contribution in [2.45, 2.75) is 65.8 Å². The van der Waals surface area contributed by atoms with Gasteiger partial charge in [0.25, 0.3) is 11.5 Å². The number of nitrogens with one attached hydrogen (secondary N) is 4. The van der Waals surface area contributed by atoms with Crippen molar-refractivity contribution in [1.29, 1.82) is 0 Å². The fourth-order valence-electron chi connectivity index (χ4n) is 8.11. The van der Waals surface area contributed by atoms with Gasteiger partial charge in [-0.3, -0.25) is 44.0 Å². The number of pyridine rings is 2. The summed E-state index contributed by atoms with van der Waals surface area (Å²) in [5, 5.41) is 23.3. The molecule has 1 aliphatic heterocycles. The number of aromatic nitrogens is 5. The van der Waals surface area contributed by atoms with Crippen LogP contribution in [0.25, 0.3) is 11.0 Å². The molecule has 1 saturated heterocycles. The molecule has 21 nitrogen and oxygen atoms in total. The first-order valence-electron chi connectivity index (χ1n) is 21.7. The first-order chi connectivity index (χ1) is 31.8. The van der Waals surface area contributed by atoms with Crippen molar-refractivity contribution in [3.63, 3.8) is 0 Å². The molecule has 3 amide bonds. The fourth-order valence-corrected chi connectivity index (χ4v) is 8.89. The maximum Gasteiger partial charge on any atom is 0.348 e. The van der Waals surface area contributed by atoms with E-state index < -0.39 is 10.8 Å². The summed E-state index contributed by atoms with van der Waals surface area (Å²) in [6.45, 7) is 10.1. The third-order valence-electron chi connectivity index (χ3n) is 11.4. The first kappa shape index (κ1) is 47.1. The minimum atomic E-state index is -0.584. The van der Waals surface area contributed by atoms with Crippen LogP contribution in [0.15, 0.2) is 47.5 Å². The van der Waals surface area contributed by atoms with Crippen LogP contribution >= 0.6 is 11.3 Å². The van der Waals surface area contributed by atoms with E-state index in [4.69, 9.17) is 14.5 Å². The summed E-state index contributed by atoms with van der Waals surface area (Å²) in [4.78, 5) is 96.3. The molecule has 4 aromatic heterocycles. The van der Waals surface area contributed by atoms with Crippen molar-refractivity contribution in [2.75, 3.05) is 85.3 Å². The van der Waals surface area contributed by atoms with E-state index in [1.807, 2.05) is 17.0 Å². The van der Waals surface area contributed by atoms with Crippen LogP contribution in [0.5, 0.6) is 0 Å². The number of carbonyl (C=O) groups is 4. The van der Waals surface area contributed by atoms with Gasteiger partial charge in [0.15, 0.2) is 10.9 Å². The molecular formula is C44H52N12O9S. The van der Waals surface area contributed by atoms with Crippen LogP contribution in [0.4, 0.5) is 39.0 Å². The summed E-state index contributed by atoms with van der Waals surface area (Å²) in [5.74, 6) is -0.377. The zero-order chi connectivity index (χ0) is 46.9. The predicted octanol–water partition coefficient (Wildman–Crippen LogP) is 5.62. The molecule has 1 aromatic carbocycles. The molecule has 4 N–H and O–H groups in total. The molecular weight excluding hydrogens is 873 g/mol. The SMILES string of the molecule is CC(=O)Nc1cc(NCCOCCOCCC(=O)N2CCN(c3ccc(Nc4ncc5c(C)c(C(C)=O)c(=O)n(C6CCCC6)c5n4)nc3)CC2)ccc1C(=O)Nc1nc(C)c([N+](=O)[O-])s1. The lowest BCUT2D eigenvalue weighted by atomic mass is 10.0. The van der Waals surface area contributed by atoms with Crippen molar-refractivity contribution in [3.05, 3.63) is 85.6 Å². The van der Waals surface area contributed by atoms with Gasteiger partial charge in [-0.1, -0.05) is 12.8 Å². The predicted molar refractivity (Wildman–Crippen MR) is 249 cm³/mol. The van der Waals surface area contributed by atoms with Crippen molar-refractivity contribution in [2.24, 2.45) is 0 Å². The monoisotopic (exact) mass is 924 g/mol. The Morgan fingerprint density at radius 1 is 0.909 bits per heavy atom. The number of piperazine rings is 1. The van der Waals surface area contributed by atoms with Crippen LogP contribution < -0.4 is 31.7 Å². The van der Waals surface area contributed by atoms with Gasteiger partial charge in [0.05, 0.1) is 66.5 Å². The number of Topliss-reactive ketones (excluding diaryl/α,β-unsaturated/α-hetero) is 1. The average molecular weight is 925 g/mol. The molecule has 1 aliphatic carbocycles. The molecule has 7 rings (SSSR count). The minimum absolute atomic E-state index is 0.0169. The molecule has 2 fully saturated rings. The normalized spacial score (nSPS) is 14.1. The molecule has 5 aromatic rings. The Morgan fingerprint density at radius 2 is 1.65 bits per heavy atom. The van der Waals surface area contributed by atoms with E-state index >= 15 is 0 Å². The zero-order valence-corrected chi connectivity index (χ0v) is 38.0. The van der Waals surface area contributed by atoms with Gasteiger partial charge in [-0.25, -0.2) is 15.0 Å². The third kappa shape index (κ3) is 11.3. The summed E-state index contributed by atoms with van der Waals surface area (Å²) in [7, 11) is 0. The number of benzene rings is 1. The van der Waals surface area contributed by atoms with Crippen LogP contribution in [-0.2, 0) is 19.1 Å². The highest BCUT2D eigenvalue weighted by Gasteiger charge is 2.27. The minimum Gasteiger partial charge on any atom is -0.383 e. The summed E-state index contributed by atoms with van der Waals surface area (Å²) < 4.78 is 13.0. The summed E-state index contributed by atoms with van der Waals surface area (Å²) >= 11 is 0.747. The number of aryl methyl sites for hydroxylation is 2. The number of fused-ring (bicyclic) bond motifs is 1. The number of ether oxygens (including phenoxy) is 2. The first-order valence-corrected chi connectivity index (χ1v) is 22.5. The van der Waals surface area contributed by atoms with E-state index in [-0.39, 0.29) is 74.9 Å². The van der Waals surface area contributed by atoms with Gasteiger partial charge in [-0.2, -0.15) is 4.98 Å². The van der Waals surface area contributed by atoms with Gasteiger partial charge in [-0.05, 0) is 80.8 Å². The Balaban J connectivity index is 0.797. The smallest absolute Gasteiger partial charge is 0.348 e. The van der Waals surface area contributed by atoms with Gasteiger partial charge in [0.1, 0.15) is 17.2 Å². The lowest BCUT2D eigenvalue weighted by Gasteiger charge is -2.36. The van der Waals surface area contributed by atoms with E-state index in [9.17, 15) is 34.1 Å². The Bertz CT molecular complexity index is 2680. The van der Waals surface area contributed by atoms with Crippen molar-refractivity contribution < 1.29 is 33.6 Å². The van der Waals surface area contributed by atoms with Gasteiger partial charge in [0, 0.05) is 63.0 Å². The Hall–Kier alpha value is -6.91. The lowest BCUT2D eigenvalue weighted by Crippen LogP contribution is -2.49. The van der Waals surface area contributed by atoms with Crippen LogP contribution in [0, 0.1) is 24.0 Å². The zero-order valence-electron chi connectivity index (χ0n) is 37.2. The van der Waals surface area contributed by atoms with E-state index in [2.05, 4.69) is 41.1 Å². The molecule has 0 unspecified atom stereocenters. The van der Waals surface area contributed by atoms with E-state index in [1.54, 1.807) is 36.0 Å². The summed E-state index contributed by atoms with van der Waals surface area (Å²) in [5.41, 5.74) is 3.13. The molecule has 1 saturated carbocycles. The topological polar surface area (TPSA) is 258 Å². The van der Waals surface area contributed by atoms with Crippen molar-refractivity contribution in [1.82, 2.24) is 29.4 Å². The third-order valence-corrected chi connectivity index (χ3v) is 12.4. The van der Waals surface area contributed by atoms with Gasteiger partial charge >= 0.3 is 5.00 Å². The molecule has 22 heteroatoms. The fraction of sp³-hybridized carbons (Fsp3) is 0.432. The Labute approximate surface area is 383 Å². The highest BCUT2D eigenvalue weighted by atomic mass is 32.1.